The number of hydrogen-bond donors (Lipinski definition) is 2. The van der Waals surface area contributed by atoms with Crippen molar-refractivity contribution in [3.05, 3.63) is 10.4 Å². The van der Waals surface area contributed by atoms with Crippen molar-refractivity contribution in [3.63, 3.8) is 0 Å². The second-order valence-corrected chi connectivity index (χ2v) is 2.20. The Kier molecular flexibility index (Phi) is 7.02. The van der Waals surface area contributed by atoms with Gasteiger partial charge in [-0.05, 0) is 12.0 Å². The van der Waals surface area contributed by atoms with Crippen LogP contribution in [-0.2, 0) is 4.79 Å². The second kappa shape index (κ2) is 7.84. The zero-order chi connectivity index (χ0) is 9.23. The molecule has 0 fully saturated rings. The number of carbonyl (C=O) groups excluding carboxylic acids is 1. The molecule has 0 aliphatic carbocycles. The molecule has 0 aromatic rings. The molecule has 0 heterocycles. The van der Waals surface area contributed by atoms with E-state index in [0.29, 0.717) is 32.5 Å². The van der Waals surface area contributed by atoms with Crippen molar-refractivity contribution < 1.29 is 4.79 Å². The van der Waals surface area contributed by atoms with Crippen LogP contribution in [0.5, 0.6) is 0 Å². The average molecular weight is 171 g/mol. The van der Waals surface area contributed by atoms with Gasteiger partial charge in [-0.3, -0.25) is 4.79 Å². The van der Waals surface area contributed by atoms with E-state index in [9.17, 15) is 4.79 Å². The second-order valence-electron chi connectivity index (χ2n) is 2.20. The molecule has 0 saturated heterocycles. The molecular formula is C6H13N5O. The first-order valence-electron chi connectivity index (χ1n) is 3.79. The first-order valence-corrected chi connectivity index (χ1v) is 3.79. The van der Waals surface area contributed by atoms with Crippen molar-refractivity contribution >= 4 is 5.91 Å². The van der Waals surface area contributed by atoms with Gasteiger partial charge >= 0.3 is 0 Å². The fourth-order valence-electron chi connectivity index (χ4n) is 0.642. The maximum atomic E-state index is 10.8. The summed E-state index contributed by atoms with van der Waals surface area (Å²) >= 11 is 0. The third kappa shape index (κ3) is 6.85. The van der Waals surface area contributed by atoms with Crippen LogP contribution in [0.1, 0.15) is 12.8 Å². The van der Waals surface area contributed by atoms with E-state index in [1.54, 1.807) is 0 Å². The highest BCUT2D eigenvalue weighted by Gasteiger charge is 1.96. The van der Waals surface area contributed by atoms with E-state index in [4.69, 9.17) is 11.3 Å². The minimum Gasteiger partial charge on any atom is -0.356 e. The highest BCUT2D eigenvalue weighted by Crippen LogP contribution is 1.80. The quantitative estimate of drug-likeness (QED) is 0.257. The summed E-state index contributed by atoms with van der Waals surface area (Å²) in [5, 5.41) is 5.96. The number of nitrogens with zero attached hydrogens (tertiary/aromatic N) is 3. The lowest BCUT2D eigenvalue weighted by molar-refractivity contribution is -0.120. The molecule has 6 heteroatoms. The van der Waals surface area contributed by atoms with Gasteiger partial charge in [0.25, 0.3) is 0 Å². The summed E-state index contributed by atoms with van der Waals surface area (Å²) in [5.41, 5.74) is 13.1. The van der Waals surface area contributed by atoms with Gasteiger partial charge in [-0.2, -0.15) is 0 Å². The highest BCUT2D eigenvalue weighted by molar-refractivity contribution is 5.75. The van der Waals surface area contributed by atoms with E-state index in [1.807, 2.05) is 0 Å². The maximum Gasteiger partial charge on any atom is 0.221 e. The molecule has 6 nitrogen and oxygen atoms in total. The first-order chi connectivity index (χ1) is 5.81. The number of carbonyl (C=O) groups is 1. The molecule has 0 aromatic carbocycles. The monoisotopic (exact) mass is 171 g/mol. The Morgan fingerprint density at radius 1 is 1.67 bits per heavy atom. The molecule has 0 saturated carbocycles. The largest absolute Gasteiger partial charge is 0.356 e. The number of hydrogen-bond acceptors (Lipinski definition) is 3. The number of nitrogens with one attached hydrogen (secondary N) is 1. The third-order valence-electron chi connectivity index (χ3n) is 1.19. The summed E-state index contributed by atoms with van der Waals surface area (Å²) in [6, 6.07) is 0. The van der Waals surface area contributed by atoms with E-state index < -0.39 is 0 Å². The van der Waals surface area contributed by atoms with E-state index in [-0.39, 0.29) is 5.91 Å². The van der Waals surface area contributed by atoms with Gasteiger partial charge in [-0.15, -0.1) is 0 Å². The molecule has 0 radical (unpaired) electrons. The number of azide groups is 1. The smallest absolute Gasteiger partial charge is 0.221 e. The molecule has 0 unspecified atom stereocenters. The summed E-state index contributed by atoms with van der Waals surface area (Å²) in [5.74, 6) is -0.0570. The standard InChI is InChI=1S/C6H13N5O/c7-3-2-6(12)9-4-1-5-10-11-8/h1-5,7H2,(H,9,12). The molecule has 68 valence electrons. The van der Waals surface area contributed by atoms with Gasteiger partial charge in [0.1, 0.15) is 0 Å². The number of amides is 1. The van der Waals surface area contributed by atoms with Crippen molar-refractivity contribution in [3.8, 4) is 0 Å². The van der Waals surface area contributed by atoms with E-state index in [0.717, 1.165) is 0 Å². The van der Waals surface area contributed by atoms with Gasteiger partial charge in [-0.1, -0.05) is 5.11 Å². The van der Waals surface area contributed by atoms with Crippen molar-refractivity contribution in [2.75, 3.05) is 19.6 Å². The summed E-state index contributed by atoms with van der Waals surface area (Å²) in [4.78, 5) is 13.4. The van der Waals surface area contributed by atoms with Gasteiger partial charge in [0, 0.05) is 31.0 Å². The predicted molar refractivity (Wildman–Crippen MR) is 45.3 cm³/mol. The Morgan fingerprint density at radius 3 is 3.00 bits per heavy atom. The van der Waals surface area contributed by atoms with E-state index in [2.05, 4.69) is 15.3 Å². The molecule has 0 bridgehead atoms. The van der Waals surface area contributed by atoms with Gasteiger partial charge < -0.3 is 11.1 Å². The van der Waals surface area contributed by atoms with E-state index in [1.165, 1.54) is 0 Å². The number of nitrogens with two attached hydrogens (primary N) is 1. The molecule has 0 aliphatic rings. The number of rotatable bonds is 6. The van der Waals surface area contributed by atoms with Gasteiger partial charge in [-0.25, -0.2) is 0 Å². The Morgan fingerprint density at radius 2 is 2.42 bits per heavy atom. The molecule has 0 atom stereocenters. The first kappa shape index (κ1) is 10.7. The van der Waals surface area contributed by atoms with Crippen LogP contribution in [0.3, 0.4) is 0 Å². The summed E-state index contributed by atoms with van der Waals surface area (Å²) < 4.78 is 0. The molecule has 0 rings (SSSR count). The van der Waals surface area contributed by atoms with Crippen LogP contribution >= 0.6 is 0 Å². The van der Waals surface area contributed by atoms with Crippen molar-refractivity contribution in [2.45, 2.75) is 12.8 Å². The summed E-state index contributed by atoms with van der Waals surface area (Å²) in [6.45, 7) is 1.32. The molecule has 12 heavy (non-hydrogen) atoms. The van der Waals surface area contributed by atoms with Gasteiger partial charge in [0.05, 0.1) is 0 Å². The Hall–Kier alpha value is -1.26. The average Bonchev–Trinajstić information content (AvgIpc) is 2.05. The van der Waals surface area contributed by atoms with Gasteiger partial charge in [0.15, 0.2) is 0 Å². The molecular weight excluding hydrogens is 158 g/mol. The molecule has 1 amide bonds. The molecule has 0 spiro atoms. The van der Waals surface area contributed by atoms with Crippen LogP contribution in [0.4, 0.5) is 0 Å². The predicted octanol–water partition coefficient (Wildman–Crippen LogP) is 0.152. The lowest BCUT2D eigenvalue weighted by Gasteiger charge is -2.00. The van der Waals surface area contributed by atoms with Crippen molar-refractivity contribution in [1.82, 2.24) is 5.32 Å². The summed E-state index contributed by atoms with van der Waals surface area (Å²) in [6.07, 6.45) is 1.02. The minimum atomic E-state index is -0.0570. The van der Waals surface area contributed by atoms with Crippen molar-refractivity contribution in [1.29, 1.82) is 0 Å². The van der Waals surface area contributed by atoms with Crippen LogP contribution in [0.15, 0.2) is 5.11 Å². The van der Waals surface area contributed by atoms with Crippen LogP contribution in [0, 0.1) is 0 Å². The lowest BCUT2D eigenvalue weighted by Crippen LogP contribution is -2.26. The van der Waals surface area contributed by atoms with Gasteiger partial charge in [0.2, 0.25) is 5.91 Å². The maximum absolute atomic E-state index is 10.8. The molecule has 0 aliphatic heterocycles. The van der Waals surface area contributed by atoms with Crippen LogP contribution in [0.25, 0.3) is 10.4 Å². The topological polar surface area (TPSA) is 104 Å². The fraction of sp³-hybridized carbons (Fsp3) is 0.833. The zero-order valence-corrected chi connectivity index (χ0v) is 6.86. The Balaban J connectivity index is 3.19. The Labute approximate surface area is 70.7 Å². The fourth-order valence-corrected chi connectivity index (χ4v) is 0.642. The summed E-state index contributed by atoms with van der Waals surface area (Å²) in [7, 11) is 0. The zero-order valence-electron chi connectivity index (χ0n) is 6.86. The van der Waals surface area contributed by atoms with Crippen LogP contribution in [-0.4, -0.2) is 25.5 Å². The highest BCUT2D eigenvalue weighted by atomic mass is 16.1. The normalized spacial score (nSPS) is 8.75. The minimum absolute atomic E-state index is 0.0570. The molecule has 3 N–H and O–H groups in total. The SMILES string of the molecule is [N-]=[N+]=NCCCNC(=O)CCN. The Bertz CT molecular complexity index is 175. The molecule has 0 aromatic heterocycles. The van der Waals surface area contributed by atoms with Crippen LogP contribution < -0.4 is 11.1 Å². The lowest BCUT2D eigenvalue weighted by atomic mass is 10.4. The van der Waals surface area contributed by atoms with Crippen molar-refractivity contribution in [2.24, 2.45) is 10.8 Å². The third-order valence-corrected chi connectivity index (χ3v) is 1.19. The van der Waals surface area contributed by atoms with Crippen LogP contribution in [0.2, 0.25) is 0 Å². The van der Waals surface area contributed by atoms with E-state index >= 15 is 0 Å².